The summed E-state index contributed by atoms with van der Waals surface area (Å²) in [7, 11) is 1.53. The highest BCUT2D eigenvalue weighted by Gasteiger charge is 2.28. The Morgan fingerprint density at radius 1 is 1.40 bits per heavy atom. The number of halogens is 1. The number of nitrogens with one attached hydrogen (secondary N) is 1. The van der Waals surface area contributed by atoms with Gasteiger partial charge in [0, 0.05) is 30.1 Å². The largest absolute Gasteiger partial charge is 0.496 e. The molecule has 3 rings (SSSR count). The Balaban J connectivity index is 1.85. The molecule has 1 aromatic heterocycles. The zero-order valence-corrected chi connectivity index (χ0v) is 15.0. The number of methoxy groups -OCH3 is 1. The van der Waals surface area contributed by atoms with Gasteiger partial charge in [-0.3, -0.25) is 9.59 Å². The first kappa shape index (κ1) is 17.5. The van der Waals surface area contributed by atoms with Gasteiger partial charge in [0.15, 0.2) is 0 Å². The molecule has 1 fully saturated rings. The Bertz CT molecular complexity index is 850. The molecule has 2 heterocycles. The molecule has 25 heavy (non-hydrogen) atoms. The van der Waals surface area contributed by atoms with E-state index in [4.69, 9.17) is 16.3 Å². The number of aryl methyl sites for hydroxylation is 1. The van der Waals surface area contributed by atoms with E-state index in [1.807, 2.05) is 0 Å². The number of hydrogen-bond acceptors (Lipinski definition) is 4. The van der Waals surface area contributed by atoms with E-state index in [-0.39, 0.29) is 17.4 Å². The number of ether oxygens (including phenoxy) is 1. The topological polar surface area (TPSA) is 75.3 Å². The minimum Gasteiger partial charge on any atom is -0.496 e. The van der Waals surface area contributed by atoms with Crippen LogP contribution >= 0.6 is 11.6 Å². The first-order valence-corrected chi connectivity index (χ1v) is 8.56. The van der Waals surface area contributed by atoms with E-state index < -0.39 is 0 Å². The highest BCUT2D eigenvalue weighted by molar-refractivity contribution is 6.31. The monoisotopic (exact) mass is 361 g/mol. The molecule has 2 aromatic rings. The van der Waals surface area contributed by atoms with E-state index in [9.17, 15) is 9.59 Å². The molecule has 132 valence electrons. The molecule has 1 atom stereocenters. The van der Waals surface area contributed by atoms with Crippen molar-refractivity contribution in [2.45, 2.75) is 25.7 Å². The fourth-order valence-electron chi connectivity index (χ4n) is 3.23. The quantitative estimate of drug-likeness (QED) is 0.912. The molecule has 0 unspecified atom stereocenters. The summed E-state index contributed by atoms with van der Waals surface area (Å²) in [6.45, 7) is 2.94. The van der Waals surface area contributed by atoms with E-state index in [1.165, 1.54) is 13.2 Å². The van der Waals surface area contributed by atoms with Gasteiger partial charge in [-0.05, 0) is 38.0 Å². The van der Waals surface area contributed by atoms with Crippen LogP contribution < -0.4 is 10.3 Å². The van der Waals surface area contributed by atoms with Crippen molar-refractivity contribution in [2.75, 3.05) is 20.2 Å². The second-order valence-corrected chi connectivity index (χ2v) is 6.63. The lowest BCUT2D eigenvalue weighted by atomic mass is 9.94. The van der Waals surface area contributed by atoms with E-state index in [2.05, 4.69) is 9.97 Å². The van der Waals surface area contributed by atoms with Crippen LogP contribution in [0.1, 0.15) is 40.6 Å². The molecule has 0 saturated carbocycles. The van der Waals surface area contributed by atoms with Crippen molar-refractivity contribution in [1.29, 1.82) is 0 Å². The number of benzene rings is 1. The average Bonchev–Trinajstić information content (AvgIpc) is 2.60. The highest BCUT2D eigenvalue weighted by Crippen LogP contribution is 2.29. The number of piperidine rings is 1. The molecule has 1 aliphatic heterocycles. The van der Waals surface area contributed by atoms with Crippen molar-refractivity contribution >= 4 is 17.5 Å². The van der Waals surface area contributed by atoms with Crippen molar-refractivity contribution in [2.24, 2.45) is 0 Å². The van der Waals surface area contributed by atoms with Gasteiger partial charge in [0.05, 0.1) is 18.4 Å². The van der Waals surface area contributed by atoms with Crippen LogP contribution in [0.4, 0.5) is 0 Å². The molecular weight excluding hydrogens is 342 g/mol. The molecular formula is C18H20ClN3O3. The number of aromatic nitrogens is 2. The second-order valence-electron chi connectivity index (χ2n) is 6.19. The maximum absolute atomic E-state index is 12.9. The highest BCUT2D eigenvalue weighted by atomic mass is 35.5. The standard InChI is InChI=1S/C18H20ClN3O3/c1-11-20-15(9-17(23)21-11)12-4-3-7-22(10-12)18(24)14-8-13(19)5-6-16(14)25-2/h5-6,8-9,12H,3-4,7,10H2,1-2H3,(H,20,21,23)/t12-/m0/s1. The lowest BCUT2D eigenvalue weighted by Gasteiger charge is -2.32. The molecule has 0 spiro atoms. The van der Waals surface area contributed by atoms with E-state index >= 15 is 0 Å². The third kappa shape index (κ3) is 3.85. The molecule has 1 aromatic carbocycles. The number of amides is 1. The molecule has 0 bridgehead atoms. The van der Waals surface area contributed by atoms with Crippen molar-refractivity contribution in [3.05, 3.63) is 56.7 Å². The van der Waals surface area contributed by atoms with Crippen molar-refractivity contribution < 1.29 is 9.53 Å². The zero-order chi connectivity index (χ0) is 18.0. The normalized spacial score (nSPS) is 17.4. The third-order valence-corrected chi connectivity index (χ3v) is 4.63. The number of rotatable bonds is 3. The maximum Gasteiger partial charge on any atom is 0.257 e. The Labute approximate surface area is 150 Å². The van der Waals surface area contributed by atoms with Gasteiger partial charge in [0.25, 0.3) is 11.5 Å². The van der Waals surface area contributed by atoms with Crippen LogP contribution in [0, 0.1) is 6.92 Å². The van der Waals surface area contributed by atoms with Crippen LogP contribution in [-0.4, -0.2) is 41.0 Å². The smallest absolute Gasteiger partial charge is 0.257 e. The first-order chi connectivity index (χ1) is 12.0. The van der Waals surface area contributed by atoms with Gasteiger partial charge < -0.3 is 14.6 Å². The predicted molar refractivity (Wildman–Crippen MR) is 95.5 cm³/mol. The average molecular weight is 362 g/mol. The Morgan fingerprint density at radius 2 is 2.20 bits per heavy atom. The van der Waals surface area contributed by atoms with Gasteiger partial charge in [0.1, 0.15) is 11.6 Å². The third-order valence-electron chi connectivity index (χ3n) is 4.40. The number of aromatic amines is 1. The van der Waals surface area contributed by atoms with Gasteiger partial charge >= 0.3 is 0 Å². The Morgan fingerprint density at radius 3 is 2.92 bits per heavy atom. The molecule has 0 aliphatic carbocycles. The van der Waals surface area contributed by atoms with Crippen LogP contribution in [0.2, 0.25) is 5.02 Å². The number of H-pyrrole nitrogens is 1. The predicted octanol–water partition coefficient (Wildman–Crippen LogP) is 2.76. The summed E-state index contributed by atoms with van der Waals surface area (Å²) in [5.41, 5.74) is 1.02. The zero-order valence-electron chi connectivity index (χ0n) is 14.2. The summed E-state index contributed by atoms with van der Waals surface area (Å²) in [4.78, 5) is 33.5. The summed E-state index contributed by atoms with van der Waals surface area (Å²) in [6, 6.07) is 6.53. The number of nitrogens with zero attached hydrogens (tertiary/aromatic N) is 2. The summed E-state index contributed by atoms with van der Waals surface area (Å²) >= 11 is 6.04. The van der Waals surface area contributed by atoms with E-state index in [0.717, 1.165) is 18.5 Å². The van der Waals surface area contributed by atoms with E-state index in [0.29, 0.717) is 35.2 Å². The molecule has 7 heteroatoms. The van der Waals surface area contributed by atoms with Crippen molar-refractivity contribution in [1.82, 2.24) is 14.9 Å². The Kier molecular flexibility index (Phi) is 5.08. The van der Waals surface area contributed by atoms with Crippen LogP contribution in [0.3, 0.4) is 0 Å². The minimum absolute atomic E-state index is 0.0453. The first-order valence-electron chi connectivity index (χ1n) is 8.18. The Hall–Kier alpha value is -2.34. The molecule has 1 aliphatic rings. The maximum atomic E-state index is 12.9. The van der Waals surface area contributed by atoms with Crippen molar-refractivity contribution in [3.63, 3.8) is 0 Å². The second kappa shape index (κ2) is 7.27. The number of hydrogen-bond donors (Lipinski definition) is 1. The number of likely N-dealkylation sites (tertiary alicyclic amines) is 1. The fraction of sp³-hybridized carbons (Fsp3) is 0.389. The molecule has 1 N–H and O–H groups in total. The molecule has 6 nitrogen and oxygen atoms in total. The summed E-state index contributed by atoms with van der Waals surface area (Å²) in [5, 5.41) is 0.490. The van der Waals surface area contributed by atoms with E-state index in [1.54, 1.807) is 30.0 Å². The molecule has 0 radical (unpaired) electrons. The van der Waals surface area contributed by atoms with Crippen LogP contribution in [0.25, 0.3) is 0 Å². The summed E-state index contributed by atoms with van der Waals surface area (Å²) in [6.07, 6.45) is 1.75. The fourth-order valence-corrected chi connectivity index (χ4v) is 3.40. The van der Waals surface area contributed by atoms with Crippen LogP contribution in [-0.2, 0) is 0 Å². The summed E-state index contributed by atoms with van der Waals surface area (Å²) < 4.78 is 5.29. The molecule has 1 amide bonds. The summed E-state index contributed by atoms with van der Waals surface area (Å²) in [5.74, 6) is 1.01. The number of carbonyl (C=O) groups is 1. The van der Waals surface area contributed by atoms with Crippen molar-refractivity contribution in [3.8, 4) is 5.75 Å². The van der Waals surface area contributed by atoms with Gasteiger partial charge in [0.2, 0.25) is 0 Å². The van der Waals surface area contributed by atoms with Crippen LogP contribution in [0.15, 0.2) is 29.1 Å². The SMILES string of the molecule is COc1ccc(Cl)cc1C(=O)N1CCC[C@H](c2cc(=O)[nH]c(C)n2)C1. The van der Waals surface area contributed by atoms with Gasteiger partial charge in [-0.2, -0.15) is 0 Å². The van der Waals surface area contributed by atoms with Crippen LogP contribution in [0.5, 0.6) is 5.75 Å². The molecule has 1 saturated heterocycles. The minimum atomic E-state index is -0.164. The van der Waals surface area contributed by atoms with Gasteiger partial charge in [-0.25, -0.2) is 4.98 Å². The van der Waals surface area contributed by atoms with Gasteiger partial charge in [-0.1, -0.05) is 11.6 Å². The lowest BCUT2D eigenvalue weighted by Crippen LogP contribution is -2.39. The number of carbonyl (C=O) groups excluding carboxylic acids is 1. The van der Waals surface area contributed by atoms with Gasteiger partial charge in [-0.15, -0.1) is 0 Å². The lowest BCUT2D eigenvalue weighted by molar-refractivity contribution is 0.0702.